The molecule has 14 heavy (non-hydrogen) atoms. The molecule has 0 aromatic rings. The average molecular weight is 241 g/mol. The fraction of sp³-hybridized carbons (Fsp3) is 1.00. The fourth-order valence-corrected chi connectivity index (χ4v) is 3.20. The maximum Gasteiger partial charge on any atom is 0.233 e. The van der Waals surface area contributed by atoms with Crippen molar-refractivity contribution < 1.29 is 13.2 Å². The third kappa shape index (κ3) is 5.83. The topological polar surface area (TPSA) is 43.4 Å². The smallest absolute Gasteiger partial charge is 0.233 e. The van der Waals surface area contributed by atoms with E-state index < -0.39 is 14.5 Å². The lowest BCUT2D eigenvalue weighted by atomic mass is 9.98. The largest absolute Gasteiger partial charge is 0.381 e. The normalized spacial score (nSPS) is 18.5. The Kier molecular flexibility index (Phi) is 3.83. The highest BCUT2D eigenvalue weighted by Crippen LogP contribution is 2.30. The second-order valence-electron chi connectivity index (χ2n) is 4.81. The zero-order chi connectivity index (χ0) is 10.8. The number of ether oxygens (including phenoxy) is 1. The van der Waals surface area contributed by atoms with Crippen LogP contribution in [0.4, 0.5) is 0 Å². The first-order chi connectivity index (χ1) is 6.29. The van der Waals surface area contributed by atoms with E-state index >= 15 is 0 Å². The zero-order valence-electron chi connectivity index (χ0n) is 8.62. The molecule has 1 aliphatic carbocycles. The van der Waals surface area contributed by atoms with Gasteiger partial charge >= 0.3 is 0 Å². The van der Waals surface area contributed by atoms with Crippen molar-refractivity contribution in [2.24, 2.45) is 11.3 Å². The fourth-order valence-electron chi connectivity index (χ4n) is 1.29. The molecule has 0 aliphatic heterocycles. The van der Waals surface area contributed by atoms with E-state index in [1.54, 1.807) is 0 Å². The van der Waals surface area contributed by atoms with Crippen molar-refractivity contribution in [2.75, 3.05) is 19.0 Å². The van der Waals surface area contributed by atoms with Gasteiger partial charge in [-0.3, -0.25) is 0 Å². The molecule has 1 aliphatic rings. The van der Waals surface area contributed by atoms with Gasteiger partial charge in [0.15, 0.2) is 0 Å². The van der Waals surface area contributed by atoms with E-state index in [0.29, 0.717) is 12.5 Å². The van der Waals surface area contributed by atoms with E-state index in [1.807, 2.05) is 13.8 Å². The van der Waals surface area contributed by atoms with E-state index in [0.717, 1.165) is 6.61 Å². The van der Waals surface area contributed by atoms with E-state index in [2.05, 4.69) is 0 Å². The second-order valence-corrected chi connectivity index (χ2v) is 7.58. The van der Waals surface area contributed by atoms with Crippen LogP contribution in [0.1, 0.15) is 26.7 Å². The molecular formula is C9H17ClO3S. The van der Waals surface area contributed by atoms with Crippen LogP contribution in [0.5, 0.6) is 0 Å². The summed E-state index contributed by atoms with van der Waals surface area (Å²) in [5, 5.41) is 0. The molecule has 0 radical (unpaired) electrons. The van der Waals surface area contributed by atoms with Crippen LogP contribution in [0.25, 0.3) is 0 Å². The summed E-state index contributed by atoms with van der Waals surface area (Å²) >= 11 is 0. The van der Waals surface area contributed by atoms with E-state index in [9.17, 15) is 8.42 Å². The minimum atomic E-state index is -3.42. The van der Waals surface area contributed by atoms with Gasteiger partial charge in [0.2, 0.25) is 9.05 Å². The Morgan fingerprint density at radius 1 is 1.43 bits per heavy atom. The van der Waals surface area contributed by atoms with Crippen molar-refractivity contribution >= 4 is 19.7 Å². The van der Waals surface area contributed by atoms with E-state index in [4.69, 9.17) is 15.4 Å². The van der Waals surface area contributed by atoms with Gasteiger partial charge in [0.25, 0.3) is 0 Å². The van der Waals surface area contributed by atoms with Crippen molar-refractivity contribution in [3.63, 3.8) is 0 Å². The third-order valence-electron chi connectivity index (χ3n) is 2.11. The Morgan fingerprint density at radius 3 is 2.43 bits per heavy atom. The first kappa shape index (κ1) is 12.3. The Bertz CT molecular complexity index is 280. The lowest BCUT2D eigenvalue weighted by Gasteiger charge is -2.22. The summed E-state index contributed by atoms with van der Waals surface area (Å²) in [5.41, 5.74) is -0.393. The number of rotatable bonds is 6. The maximum atomic E-state index is 10.9. The zero-order valence-corrected chi connectivity index (χ0v) is 10.2. The van der Waals surface area contributed by atoms with Crippen molar-refractivity contribution in [1.29, 1.82) is 0 Å². The molecule has 1 rings (SSSR count). The summed E-state index contributed by atoms with van der Waals surface area (Å²) in [6.07, 6.45) is 2.49. The van der Waals surface area contributed by atoms with Crippen LogP contribution in [0, 0.1) is 11.3 Å². The molecule has 1 saturated carbocycles. The van der Waals surface area contributed by atoms with Crippen LogP contribution >= 0.6 is 10.7 Å². The molecule has 0 saturated heterocycles. The standard InChI is InChI=1S/C9H17ClO3S/c1-9(2,7-14(10,11)12)6-13-5-8-3-4-8/h8H,3-7H2,1-2H3. The van der Waals surface area contributed by atoms with Crippen LogP contribution in [0.15, 0.2) is 0 Å². The highest BCUT2D eigenvalue weighted by Gasteiger charge is 2.27. The molecule has 0 amide bonds. The summed E-state index contributed by atoms with van der Waals surface area (Å²) in [7, 11) is 1.76. The summed E-state index contributed by atoms with van der Waals surface area (Å²) in [6, 6.07) is 0. The van der Waals surface area contributed by atoms with Crippen molar-refractivity contribution in [1.82, 2.24) is 0 Å². The summed E-state index contributed by atoms with van der Waals surface area (Å²) < 4.78 is 27.2. The highest BCUT2D eigenvalue weighted by molar-refractivity contribution is 8.13. The molecule has 0 heterocycles. The minimum Gasteiger partial charge on any atom is -0.381 e. The number of halogens is 1. The van der Waals surface area contributed by atoms with Crippen LogP contribution < -0.4 is 0 Å². The van der Waals surface area contributed by atoms with Gasteiger partial charge in [-0.25, -0.2) is 8.42 Å². The predicted octanol–water partition coefficient (Wildman–Crippen LogP) is 2.01. The Morgan fingerprint density at radius 2 is 2.00 bits per heavy atom. The lowest BCUT2D eigenvalue weighted by Crippen LogP contribution is -2.27. The monoisotopic (exact) mass is 240 g/mol. The summed E-state index contributed by atoms with van der Waals surface area (Å²) in [5.74, 6) is 0.671. The van der Waals surface area contributed by atoms with Gasteiger partial charge in [0.1, 0.15) is 0 Å². The Hall–Kier alpha value is 0.200. The van der Waals surface area contributed by atoms with Gasteiger partial charge in [0, 0.05) is 22.7 Å². The molecule has 3 nitrogen and oxygen atoms in total. The first-order valence-corrected chi connectivity index (χ1v) is 7.26. The quantitative estimate of drug-likeness (QED) is 0.667. The number of hydrogen-bond acceptors (Lipinski definition) is 3. The van der Waals surface area contributed by atoms with Crippen LogP contribution in [0.2, 0.25) is 0 Å². The van der Waals surface area contributed by atoms with Gasteiger partial charge in [-0.2, -0.15) is 0 Å². The van der Waals surface area contributed by atoms with Crippen molar-refractivity contribution in [2.45, 2.75) is 26.7 Å². The van der Waals surface area contributed by atoms with Gasteiger partial charge in [-0.15, -0.1) is 0 Å². The van der Waals surface area contributed by atoms with Crippen LogP contribution in [-0.2, 0) is 13.8 Å². The molecule has 0 unspecified atom stereocenters. The first-order valence-electron chi connectivity index (χ1n) is 4.79. The van der Waals surface area contributed by atoms with Crippen molar-refractivity contribution in [3.05, 3.63) is 0 Å². The van der Waals surface area contributed by atoms with Gasteiger partial charge in [-0.1, -0.05) is 13.8 Å². The molecule has 0 spiro atoms. The molecule has 0 aromatic heterocycles. The maximum absolute atomic E-state index is 10.9. The Balaban J connectivity index is 2.24. The second kappa shape index (κ2) is 4.37. The average Bonchev–Trinajstić information content (AvgIpc) is 2.64. The van der Waals surface area contributed by atoms with Crippen LogP contribution in [-0.4, -0.2) is 27.4 Å². The van der Waals surface area contributed by atoms with Gasteiger partial charge in [-0.05, 0) is 18.8 Å². The summed E-state index contributed by atoms with van der Waals surface area (Å²) in [6.45, 7) is 4.90. The highest BCUT2D eigenvalue weighted by atomic mass is 35.7. The predicted molar refractivity (Wildman–Crippen MR) is 57.0 cm³/mol. The molecule has 0 aromatic carbocycles. The lowest BCUT2D eigenvalue weighted by molar-refractivity contribution is 0.0658. The minimum absolute atomic E-state index is 0.0355. The SMILES string of the molecule is CC(C)(COCC1CC1)CS(=O)(=O)Cl. The third-order valence-corrected chi connectivity index (χ3v) is 3.56. The van der Waals surface area contributed by atoms with Gasteiger partial charge < -0.3 is 4.74 Å². The molecule has 1 fully saturated rings. The molecular weight excluding hydrogens is 224 g/mol. The number of hydrogen-bond donors (Lipinski definition) is 0. The van der Waals surface area contributed by atoms with Gasteiger partial charge in [0.05, 0.1) is 12.4 Å². The van der Waals surface area contributed by atoms with Crippen molar-refractivity contribution in [3.8, 4) is 0 Å². The van der Waals surface area contributed by atoms with E-state index in [1.165, 1.54) is 12.8 Å². The van der Waals surface area contributed by atoms with Crippen LogP contribution in [0.3, 0.4) is 0 Å². The summed E-state index contributed by atoms with van der Waals surface area (Å²) in [4.78, 5) is 0. The molecule has 5 heteroatoms. The molecule has 0 N–H and O–H groups in total. The molecule has 0 bridgehead atoms. The molecule has 0 atom stereocenters. The van der Waals surface area contributed by atoms with E-state index in [-0.39, 0.29) is 5.75 Å². The Labute approximate surface area is 90.2 Å². The molecule has 84 valence electrons.